The summed E-state index contributed by atoms with van der Waals surface area (Å²) in [5.41, 5.74) is 2.28. The Morgan fingerprint density at radius 1 is 1.00 bits per heavy atom. The summed E-state index contributed by atoms with van der Waals surface area (Å²) >= 11 is 0. The van der Waals surface area contributed by atoms with Crippen LogP contribution in [0.15, 0.2) is 31.8 Å². The van der Waals surface area contributed by atoms with Gasteiger partial charge in [0.1, 0.15) is 11.6 Å². The van der Waals surface area contributed by atoms with Crippen LogP contribution >= 0.6 is 0 Å². The van der Waals surface area contributed by atoms with Gasteiger partial charge in [0, 0.05) is 23.1 Å². The summed E-state index contributed by atoms with van der Waals surface area (Å²) in [6, 6.07) is 4.10. The SMILES string of the molecule is Cc1cc2oc(=O)cc(C)c2cc1NC(=O)NC(C)c1nnc(C(C)C)o1. The molecular formula is C19H22N4O4. The molecule has 8 nitrogen and oxygen atoms in total. The molecule has 1 unspecified atom stereocenters. The third kappa shape index (κ3) is 3.99. The van der Waals surface area contributed by atoms with Crippen molar-refractivity contribution in [1.82, 2.24) is 15.5 Å². The van der Waals surface area contributed by atoms with Crippen LogP contribution in [0.2, 0.25) is 0 Å². The number of carbonyl (C=O) groups excluding carboxylic acids is 1. The summed E-state index contributed by atoms with van der Waals surface area (Å²) in [6.07, 6.45) is 0. The van der Waals surface area contributed by atoms with E-state index in [1.807, 2.05) is 27.7 Å². The molecule has 0 radical (unpaired) electrons. The van der Waals surface area contributed by atoms with Crippen LogP contribution in [-0.4, -0.2) is 16.2 Å². The molecule has 0 bridgehead atoms. The van der Waals surface area contributed by atoms with Crippen LogP contribution in [0.1, 0.15) is 55.6 Å². The third-order valence-electron chi connectivity index (χ3n) is 4.21. The zero-order valence-corrected chi connectivity index (χ0v) is 15.9. The van der Waals surface area contributed by atoms with Crippen LogP contribution in [-0.2, 0) is 0 Å². The number of aromatic nitrogens is 2. The van der Waals surface area contributed by atoms with Crippen molar-refractivity contribution in [3.63, 3.8) is 0 Å². The van der Waals surface area contributed by atoms with Crippen molar-refractivity contribution in [2.45, 2.75) is 46.6 Å². The Hall–Kier alpha value is -3.16. The summed E-state index contributed by atoms with van der Waals surface area (Å²) < 4.78 is 10.8. The predicted molar refractivity (Wildman–Crippen MR) is 101 cm³/mol. The Bertz CT molecular complexity index is 1050. The van der Waals surface area contributed by atoms with Crippen LogP contribution in [0.5, 0.6) is 0 Å². The number of nitrogens with zero attached hydrogens (tertiary/aromatic N) is 2. The summed E-state index contributed by atoms with van der Waals surface area (Å²) in [7, 11) is 0. The maximum atomic E-state index is 12.4. The number of carbonyl (C=O) groups is 1. The molecule has 0 aliphatic carbocycles. The van der Waals surface area contributed by atoms with E-state index in [1.54, 1.807) is 19.1 Å². The molecule has 0 spiro atoms. The highest BCUT2D eigenvalue weighted by Gasteiger charge is 2.18. The molecule has 2 heterocycles. The molecule has 0 saturated heterocycles. The molecule has 3 rings (SSSR count). The summed E-state index contributed by atoms with van der Waals surface area (Å²) in [4.78, 5) is 23.9. The average Bonchev–Trinajstić information content (AvgIpc) is 3.06. The molecule has 0 aliphatic heterocycles. The molecule has 142 valence electrons. The normalized spacial score (nSPS) is 12.4. The number of amides is 2. The second kappa shape index (κ2) is 7.22. The molecule has 1 atom stereocenters. The number of urea groups is 1. The number of rotatable bonds is 4. The van der Waals surface area contributed by atoms with E-state index in [9.17, 15) is 9.59 Å². The van der Waals surface area contributed by atoms with Gasteiger partial charge in [0.05, 0.1) is 0 Å². The Morgan fingerprint density at radius 2 is 1.70 bits per heavy atom. The van der Waals surface area contributed by atoms with Gasteiger partial charge in [-0.25, -0.2) is 9.59 Å². The molecule has 2 amide bonds. The van der Waals surface area contributed by atoms with Crippen molar-refractivity contribution < 1.29 is 13.6 Å². The van der Waals surface area contributed by atoms with Gasteiger partial charge in [-0.3, -0.25) is 0 Å². The van der Waals surface area contributed by atoms with E-state index in [1.165, 1.54) is 6.07 Å². The van der Waals surface area contributed by atoms with Crippen molar-refractivity contribution in [2.75, 3.05) is 5.32 Å². The number of anilines is 1. The Morgan fingerprint density at radius 3 is 2.37 bits per heavy atom. The zero-order chi connectivity index (χ0) is 19.7. The minimum absolute atomic E-state index is 0.121. The second-order valence-electron chi connectivity index (χ2n) is 6.87. The van der Waals surface area contributed by atoms with Crippen LogP contribution < -0.4 is 16.3 Å². The number of hydrogen-bond donors (Lipinski definition) is 2. The van der Waals surface area contributed by atoms with Gasteiger partial charge in [-0.15, -0.1) is 10.2 Å². The fourth-order valence-electron chi connectivity index (χ4n) is 2.67. The highest BCUT2D eigenvalue weighted by atomic mass is 16.4. The van der Waals surface area contributed by atoms with Crippen molar-refractivity contribution in [1.29, 1.82) is 0 Å². The Labute approximate surface area is 156 Å². The van der Waals surface area contributed by atoms with Gasteiger partial charge >= 0.3 is 11.7 Å². The van der Waals surface area contributed by atoms with Crippen molar-refractivity contribution >= 4 is 22.7 Å². The lowest BCUT2D eigenvalue weighted by Gasteiger charge is -2.14. The van der Waals surface area contributed by atoms with E-state index in [0.717, 1.165) is 16.5 Å². The second-order valence-corrected chi connectivity index (χ2v) is 6.87. The largest absolute Gasteiger partial charge is 0.423 e. The summed E-state index contributed by atoms with van der Waals surface area (Å²) in [6.45, 7) is 9.32. The maximum absolute atomic E-state index is 12.4. The van der Waals surface area contributed by atoms with Crippen LogP contribution in [0.3, 0.4) is 0 Å². The van der Waals surface area contributed by atoms with Gasteiger partial charge < -0.3 is 19.5 Å². The molecule has 27 heavy (non-hydrogen) atoms. The zero-order valence-electron chi connectivity index (χ0n) is 15.9. The molecule has 2 aromatic heterocycles. The monoisotopic (exact) mass is 370 g/mol. The third-order valence-corrected chi connectivity index (χ3v) is 4.21. The van der Waals surface area contributed by atoms with E-state index in [2.05, 4.69) is 20.8 Å². The highest BCUT2D eigenvalue weighted by molar-refractivity contribution is 5.94. The molecule has 8 heteroatoms. The van der Waals surface area contributed by atoms with Crippen LogP contribution in [0.4, 0.5) is 10.5 Å². The molecule has 3 aromatic rings. The number of hydrogen-bond acceptors (Lipinski definition) is 6. The Kier molecular flexibility index (Phi) is 4.98. The van der Waals surface area contributed by atoms with E-state index in [4.69, 9.17) is 8.83 Å². The molecule has 2 N–H and O–H groups in total. The minimum Gasteiger partial charge on any atom is -0.423 e. The lowest BCUT2D eigenvalue weighted by Crippen LogP contribution is -2.31. The number of benzene rings is 1. The van der Waals surface area contributed by atoms with Crippen molar-refractivity contribution in [3.05, 3.63) is 51.5 Å². The minimum atomic E-state index is -0.439. The molecule has 0 fully saturated rings. The van der Waals surface area contributed by atoms with E-state index in [0.29, 0.717) is 23.1 Å². The highest BCUT2D eigenvalue weighted by Crippen LogP contribution is 2.25. The summed E-state index contributed by atoms with van der Waals surface area (Å²) in [5, 5.41) is 14.3. The van der Waals surface area contributed by atoms with Gasteiger partial charge in [-0.1, -0.05) is 13.8 Å². The van der Waals surface area contributed by atoms with Gasteiger partial charge in [-0.2, -0.15) is 0 Å². The van der Waals surface area contributed by atoms with Crippen molar-refractivity contribution in [2.24, 2.45) is 0 Å². The van der Waals surface area contributed by atoms with Gasteiger partial charge in [0.15, 0.2) is 0 Å². The standard InChI is InChI=1S/C19H22N4O4/c1-9(2)17-22-23-18(27-17)12(5)20-19(25)21-14-8-13-10(3)7-16(24)26-15(13)6-11(14)4/h6-9,12H,1-5H3,(H2,20,21,25). The Balaban J connectivity index is 1.77. The van der Waals surface area contributed by atoms with Gasteiger partial charge in [0.2, 0.25) is 11.8 Å². The molecule has 1 aromatic carbocycles. The topological polar surface area (TPSA) is 110 Å². The maximum Gasteiger partial charge on any atom is 0.336 e. The fourth-order valence-corrected chi connectivity index (χ4v) is 2.67. The van der Waals surface area contributed by atoms with E-state index >= 15 is 0 Å². The van der Waals surface area contributed by atoms with Crippen molar-refractivity contribution in [3.8, 4) is 0 Å². The number of aryl methyl sites for hydroxylation is 2. The first kappa shape index (κ1) is 18.6. The average molecular weight is 370 g/mol. The molecular weight excluding hydrogens is 348 g/mol. The number of fused-ring (bicyclic) bond motifs is 1. The quantitative estimate of drug-likeness (QED) is 0.676. The first-order valence-corrected chi connectivity index (χ1v) is 8.70. The van der Waals surface area contributed by atoms with Crippen LogP contribution in [0.25, 0.3) is 11.0 Å². The fraction of sp³-hybridized carbons (Fsp3) is 0.368. The first-order chi connectivity index (χ1) is 12.7. The molecule has 0 aliphatic rings. The predicted octanol–water partition coefficient (Wildman–Crippen LogP) is 3.80. The first-order valence-electron chi connectivity index (χ1n) is 8.70. The number of nitrogens with one attached hydrogen (secondary N) is 2. The lowest BCUT2D eigenvalue weighted by atomic mass is 10.1. The van der Waals surface area contributed by atoms with E-state index in [-0.39, 0.29) is 5.92 Å². The van der Waals surface area contributed by atoms with E-state index < -0.39 is 17.7 Å². The van der Waals surface area contributed by atoms with Crippen LogP contribution in [0, 0.1) is 13.8 Å². The van der Waals surface area contributed by atoms with Gasteiger partial charge in [0.25, 0.3) is 0 Å². The van der Waals surface area contributed by atoms with Gasteiger partial charge in [-0.05, 0) is 44.0 Å². The summed E-state index contributed by atoms with van der Waals surface area (Å²) in [5.74, 6) is 0.999. The smallest absolute Gasteiger partial charge is 0.336 e. The lowest BCUT2D eigenvalue weighted by molar-refractivity contribution is 0.246. The molecule has 0 saturated carbocycles.